The summed E-state index contributed by atoms with van der Waals surface area (Å²) in [7, 11) is 0. The standard InChI is InChI=1S/C22H17Br3N4O/c23-16-11-18(24)22(19(25)12-16)28-27-20-8-7-17(13-21(20)30)29(10-4-9-26)14-15-5-2-1-3-6-15/h1-3,5-8,11-13,30H,4,10,14H2. The van der Waals surface area contributed by atoms with Gasteiger partial charge in [0, 0.05) is 38.3 Å². The van der Waals surface area contributed by atoms with Gasteiger partial charge >= 0.3 is 0 Å². The van der Waals surface area contributed by atoms with Gasteiger partial charge in [0.25, 0.3) is 0 Å². The molecule has 0 fully saturated rings. The number of nitrogens with zero attached hydrogens (tertiary/aromatic N) is 4. The molecule has 0 bridgehead atoms. The molecule has 3 rings (SSSR count). The van der Waals surface area contributed by atoms with Crippen molar-refractivity contribution >= 4 is 64.9 Å². The Morgan fingerprint density at radius 3 is 2.27 bits per heavy atom. The van der Waals surface area contributed by atoms with Crippen LogP contribution in [0, 0.1) is 11.3 Å². The van der Waals surface area contributed by atoms with E-state index in [1.165, 1.54) is 0 Å². The second-order valence-corrected chi connectivity index (χ2v) is 9.03. The molecule has 3 aromatic carbocycles. The van der Waals surface area contributed by atoms with Gasteiger partial charge in [0.05, 0.1) is 12.5 Å². The minimum Gasteiger partial charge on any atom is -0.506 e. The minimum atomic E-state index is 0.0237. The zero-order valence-electron chi connectivity index (χ0n) is 15.8. The normalized spacial score (nSPS) is 10.9. The number of rotatable bonds is 7. The number of halogens is 3. The van der Waals surface area contributed by atoms with Crippen molar-refractivity contribution in [3.05, 3.63) is 79.6 Å². The van der Waals surface area contributed by atoms with Crippen molar-refractivity contribution < 1.29 is 5.11 Å². The number of anilines is 1. The maximum absolute atomic E-state index is 10.5. The molecule has 0 radical (unpaired) electrons. The summed E-state index contributed by atoms with van der Waals surface area (Å²) >= 11 is 10.4. The quantitative estimate of drug-likeness (QED) is 0.282. The van der Waals surface area contributed by atoms with E-state index in [0.29, 0.717) is 30.9 Å². The molecule has 0 aliphatic rings. The molecule has 0 aliphatic heterocycles. The Morgan fingerprint density at radius 1 is 0.933 bits per heavy atom. The highest BCUT2D eigenvalue weighted by Gasteiger charge is 2.11. The van der Waals surface area contributed by atoms with Gasteiger partial charge in [0.1, 0.15) is 17.1 Å². The fourth-order valence-corrected chi connectivity index (χ4v) is 5.23. The smallest absolute Gasteiger partial charge is 0.145 e. The molecular weight excluding hydrogens is 576 g/mol. The second kappa shape index (κ2) is 10.7. The first-order chi connectivity index (χ1) is 14.5. The number of phenols is 1. The first-order valence-electron chi connectivity index (χ1n) is 9.03. The predicted molar refractivity (Wildman–Crippen MR) is 130 cm³/mol. The number of hydrogen-bond acceptors (Lipinski definition) is 5. The van der Waals surface area contributed by atoms with Crippen LogP contribution in [0.2, 0.25) is 0 Å². The van der Waals surface area contributed by atoms with E-state index in [9.17, 15) is 5.11 Å². The van der Waals surface area contributed by atoms with Crippen molar-refractivity contribution in [2.45, 2.75) is 13.0 Å². The van der Waals surface area contributed by atoms with Crippen molar-refractivity contribution in [1.29, 1.82) is 5.26 Å². The maximum Gasteiger partial charge on any atom is 0.145 e. The van der Waals surface area contributed by atoms with Crippen molar-refractivity contribution in [2.75, 3.05) is 11.4 Å². The number of benzene rings is 3. The first-order valence-corrected chi connectivity index (χ1v) is 11.4. The second-order valence-electron chi connectivity index (χ2n) is 6.41. The van der Waals surface area contributed by atoms with Crippen LogP contribution < -0.4 is 4.90 Å². The van der Waals surface area contributed by atoms with Crippen LogP contribution in [0.3, 0.4) is 0 Å². The first kappa shape index (κ1) is 22.5. The molecule has 3 aromatic rings. The SMILES string of the molecule is N#CCCN(Cc1ccccc1)c1ccc(N=Nc2c(Br)cc(Br)cc2Br)c(O)c1. The molecule has 0 unspecified atom stereocenters. The molecule has 0 aromatic heterocycles. The Hall–Kier alpha value is -2.21. The average Bonchev–Trinajstić information content (AvgIpc) is 2.72. The predicted octanol–water partition coefficient (Wildman–Crippen LogP) is 8.02. The molecule has 0 saturated carbocycles. The number of azo groups is 1. The highest BCUT2D eigenvalue weighted by atomic mass is 79.9. The van der Waals surface area contributed by atoms with Crippen LogP contribution in [0.1, 0.15) is 12.0 Å². The monoisotopic (exact) mass is 590 g/mol. The van der Waals surface area contributed by atoms with Gasteiger partial charge < -0.3 is 10.0 Å². The summed E-state index contributed by atoms with van der Waals surface area (Å²) in [6.07, 6.45) is 0.390. The van der Waals surface area contributed by atoms with Gasteiger partial charge in [0.15, 0.2) is 0 Å². The van der Waals surface area contributed by atoms with E-state index in [-0.39, 0.29) is 5.75 Å². The molecule has 0 heterocycles. The van der Waals surface area contributed by atoms with Crippen molar-refractivity contribution in [3.8, 4) is 11.8 Å². The van der Waals surface area contributed by atoms with Crippen LogP contribution in [0.15, 0.2) is 84.3 Å². The molecule has 0 atom stereocenters. The summed E-state index contributed by atoms with van der Waals surface area (Å²) in [5.41, 5.74) is 2.93. The number of aromatic hydroxyl groups is 1. The molecule has 152 valence electrons. The third kappa shape index (κ3) is 5.91. The summed E-state index contributed by atoms with van der Waals surface area (Å²) in [4.78, 5) is 2.06. The molecule has 0 saturated heterocycles. The van der Waals surface area contributed by atoms with Gasteiger partial charge in [-0.25, -0.2) is 0 Å². The molecule has 30 heavy (non-hydrogen) atoms. The lowest BCUT2D eigenvalue weighted by Gasteiger charge is -2.24. The third-order valence-electron chi connectivity index (χ3n) is 4.27. The fraction of sp³-hybridized carbons (Fsp3) is 0.136. The molecule has 0 aliphatic carbocycles. The van der Waals surface area contributed by atoms with Crippen LogP contribution in [-0.2, 0) is 6.54 Å². The van der Waals surface area contributed by atoms with Crippen LogP contribution in [0.25, 0.3) is 0 Å². The zero-order chi connectivity index (χ0) is 21.5. The van der Waals surface area contributed by atoms with Crippen molar-refractivity contribution in [2.24, 2.45) is 10.2 Å². The summed E-state index contributed by atoms with van der Waals surface area (Å²) in [5.74, 6) is 0.0237. The summed E-state index contributed by atoms with van der Waals surface area (Å²) < 4.78 is 2.45. The van der Waals surface area contributed by atoms with Gasteiger partial charge in [-0.1, -0.05) is 46.3 Å². The van der Waals surface area contributed by atoms with E-state index in [0.717, 1.165) is 24.7 Å². The van der Waals surface area contributed by atoms with Gasteiger partial charge in [-0.05, 0) is 61.7 Å². The van der Waals surface area contributed by atoms with Crippen LogP contribution >= 0.6 is 47.8 Å². The summed E-state index contributed by atoms with van der Waals surface area (Å²) in [5, 5.41) is 28.0. The Labute approximate surface area is 200 Å². The average molecular weight is 593 g/mol. The van der Waals surface area contributed by atoms with Crippen LogP contribution in [0.4, 0.5) is 17.1 Å². The highest BCUT2D eigenvalue weighted by Crippen LogP contribution is 2.39. The van der Waals surface area contributed by atoms with Crippen LogP contribution in [-0.4, -0.2) is 11.7 Å². The number of phenolic OH excluding ortho intramolecular Hbond substituents is 1. The topological polar surface area (TPSA) is 72.0 Å². The van der Waals surface area contributed by atoms with Crippen molar-refractivity contribution in [3.63, 3.8) is 0 Å². The molecular formula is C22H17Br3N4O. The molecule has 8 heteroatoms. The Kier molecular flexibility index (Phi) is 8.02. The van der Waals surface area contributed by atoms with Gasteiger partial charge in [-0.15, -0.1) is 10.2 Å². The molecule has 0 amide bonds. The van der Waals surface area contributed by atoms with Gasteiger partial charge in [-0.3, -0.25) is 0 Å². The molecule has 5 nitrogen and oxygen atoms in total. The minimum absolute atomic E-state index is 0.0237. The number of hydrogen-bond donors (Lipinski definition) is 1. The Balaban J connectivity index is 1.84. The van der Waals surface area contributed by atoms with Gasteiger partial charge in [0.2, 0.25) is 0 Å². The lowest BCUT2D eigenvalue weighted by atomic mass is 10.1. The third-order valence-corrected chi connectivity index (χ3v) is 5.94. The van der Waals surface area contributed by atoms with Crippen LogP contribution in [0.5, 0.6) is 5.75 Å². The van der Waals surface area contributed by atoms with E-state index in [1.54, 1.807) is 12.1 Å². The number of nitriles is 1. The summed E-state index contributed by atoms with van der Waals surface area (Å²) in [6.45, 7) is 1.20. The highest BCUT2D eigenvalue weighted by molar-refractivity contribution is 9.11. The lowest BCUT2D eigenvalue weighted by molar-refractivity contribution is 0.476. The lowest BCUT2D eigenvalue weighted by Crippen LogP contribution is -2.23. The summed E-state index contributed by atoms with van der Waals surface area (Å²) in [6, 6.07) is 21.2. The Morgan fingerprint density at radius 2 is 1.63 bits per heavy atom. The largest absolute Gasteiger partial charge is 0.506 e. The maximum atomic E-state index is 10.5. The van der Waals surface area contributed by atoms with E-state index in [2.05, 4.69) is 69.0 Å². The molecule has 0 spiro atoms. The molecule has 1 N–H and O–H groups in total. The van der Waals surface area contributed by atoms with E-state index in [4.69, 9.17) is 5.26 Å². The zero-order valence-corrected chi connectivity index (χ0v) is 20.5. The fourth-order valence-electron chi connectivity index (χ4n) is 2.82. The van der Waals surface area contributed by atoms with E-state index in [1.807, 2.05) is 48.5 Å². The van der Waals surface area contributed by atoms with Gasteiger partial charge in [-0.2, -0.15) is 5.26 Å². The Bertz CT molecular complexity index is 1070. The van der Waals surface area contributed by atoms with E-state index < -0.39 is 0 Å². The van der Waals surface area contributed by atoms with Crippen molar-refractivity contribution in [1.82, 2.24) is 0 Å². The van der Waals surface area contributed by atoms with E-state index >= 15 is 0 Å².